The summed E-state index contributed by atoms with van der Waals surface area (Å²) in [6.45, 7) is 4.31. The van der Waals surface area contributed by atoms with Gasteiger partial charge in [-0.05, 0) is 44.0 Å². The molecule has 7 heteroatoms. The average molecular weight is 376 g/mol. The fourth-order valence-electron chi connectivity index (χ4n) is 4.48. The van der Waals surface area contributed by atoms with Crippen LogP contribution in [-0.2, 0) is 5.41 Å². The molecular formula is C18H18ClN3O2S. The van der Waals surface area contributed by atoms with Crippen LogP contribution in [0.3, 0.4) is 0 Å². The summed E-state index contributed by atoms with van der Waals surface area (Å²) in [6.07, 6.45) is 0. The van der Waals surface area contributed by atoms with Crippen molar-refractivity contribution < 1.29 is 9.59 Å². The fourth-order valence-corrected chi connectivity index (χ4v) is 5.60. The number of carbonyl (C=O) groups is 2. The predicted molar refractivity (Wildman–Crippen MR) is 97.4 cm³/mol. The van der Waals surface area contributed by atoms with Crippen molar-refractivity contribution in [3.05, 3.63) is 51.5 Å². The molecule has 25 heavy (non-hydrogen) atoms. The topological polar surface area (TPSA) is 62.3 Å². The molecule has 5 rings (SSSR count). The normalized spacial score (nSPS) is 29.4. The number of imide groups is 1. The van der Waals surface area contributed by atoms with E-state index in [1.807, 2.05) is 19.1 Å². The van der Waals surface area contributed by atoms with Crippen LogP contribution in [0.4, 0.5) is 0 Å². The fraction of sp³-hybridized carbons (Fsp3) is 0.389. The lowest BCUT2D eigenvalue weighted by Crippen LogP contribution is -2.41. The van der Waals surface area contributed by atoms with Crippen LogP contribution in [0.25, 0.3) is 0 Å². The first-order chi connectivity index (χ1) is 11.6. The summed E-state index contributed by atoms with van der Waals surface area (Å²) in [4.78, 5) is 31.6. The molecule has 2 aliphatic heterocycles. The zero-order valence-electron chi connectivity index (χ0n) is 13.7. The Kier molecular flexibility index (Phi) is 3.76. The van der Waals surface area contributed by atoms with Crippen molar-refractivity contribution in [3.8, 4) is 0 Å². The van der Waals surface area contributed by atoms with Gasteiger partial charge in [0.05, 0.1) is 11.1 Å². The Labute approximate surface area is 155 Å². The molecule has 0 spiro atoms. The highest BCUT2D eigenvalue weighted by Crippen LogP contribution is 2.62. The third-order valence-electron chi connectivity index (χ3n) is 5.74. The lowest BCUT2D eigenvalue weighted by atomic mass is 10.00. The number of nitrogens with zero attached hydrogens (tertiary/aromatic N) is 2. The lowest BCUT2D eigenvalue weighted by Gasteiger charge is -2.24. The Morgan fingerprint density at radius 2 is 1.80 bits per heavy atom. The predicted octanol–water partition coefficient (Wildman–Crippen LogP) is 2.26. The standard InChI is InChI=1S/C18H17N3O2S.ClH/c1-10-8-24-17(20-10)18(13-6-19-7-14(13)18)9-21-15(22)11-4-2-3-5-12(11)16(21)23;/h2-5,8,13-14,19H,6-7,9H2,1H3;1H. The molecule has 1 aliphatic carbocycles. The van der Waals surface area contributed by atoms with Gasteiger partial charge in [0, 0.05) is 23.0 Å². The molecule has 1 aromatic carbocycles. The van der Waals surface area contributed by atoms with Gasteiger partial charge in [-0.2, -0.15) is 0 Å². The Balaban J connectivity index is 0.00000157. The molecular weight excluding hydrogens is 358 g/mol. The van der Waals surface area contributed by atoms with Crippen LogP contribution in [0.1, 0.15) is 31.4 Å². The number of amides is 2. The molecule has 2 amide bonds. The zero-order chi connectivity index (χ0) is 16.5. The molecule has 1 N–H and O–H groups in total. The minimum Gasteiger partial charge on any atom is -0.316 e. The first-order valence-electron chi connectivity index (χ1n) is 8.21. The van der Waals surface area contributed by atoms with E-state index in [0.717, 1.165) is 23.8 Å². The number of piperidine rings is 1. The molecule has 3 aliphatic rings. The van der Waals surface area contributed by atoms with Gasteiger partial charge in [-0.25, -0.2) is 4.98 Å². The molecule has 3 heterocycles. The monoisotopic (exact) mass is 375 g/mol. The van der Waals surface area contributed by atoms with Gasteiger partial charge in [0.2, 0.25) is 0 Å². The number of aromatic nitrogens is 1. The summed E-state index contributed by atoms with van der Waals surface area (Å²) >= 11 is 1.66. The third kappa shape index (κ3) is 2.14. The number of benzene rings is 1. The molecule has 0 bridgehead atoms. The first-order valence-corrected chi connectivity index (χ1v) is 9.09. The van der Waals surface area contributed by atoms with Crippen LogP contribution >= 0.6 is 23.7 Å². The minimum atomic E-state index is -0.166. The molecule has 1 saturated carbocycles. The number of fused-ring (bicyclic) bond motifs is 2. The van der Waals surface area contributed by atoms with Crippen molar-refractivity contribution >= 4 is 35.6 Å². The van der Waals surface area contributed by atoms with Crippen molar-refractivity contribution in [1.82, 2.24) is 15.2 Å². The Morgan fingerprint density at radius 3 is 2.32 bits per heavy atom. The lowest BCUT2D eigenvalue weighted by molar-refractivity contribution is 0.0631. The third-order valence-corrected chi connectivity index (χ3v) is 6.90. The quantitative estimate of drug-likeness (QED) is 0.836. The highest BCUT2D eigenvalue weighted by atomic mass is 35.5. The Hall–Kier alpha value is -1.76. The van der Waals surface area contributed by atoms with Crippen LogP contribution in [-0.4, -0.2) is 41.3 Å². The summed E-state index contributed by atoms with van der Waals surface area (Å²) in [6, 6.07) is 7.10. The number of rotatable bonds is 3. The second-order valence-electron chi connectivity index (χ2n) is 6.95. The van der Waals surface area contributed by atoms with Gasteiger partial charge in [-0.3, -0.25) is 14.5 Å². The first kappa shape index (κ1) is 16.7. The largest absolute Gasteiger partial charge is 0.316 e. The second-order valence-corrected chi connectivity index (χ2v) is 7.81. The van der Waals surface area contributed by atoms with Crippen LogP contribution in [0, 0.1) is 18.8 Å². The Morgan fingerprint density at radius 1 is 1.20 bits per heavy atom. The van der Waals surface area contributed by atoms with E-state index in [-0.39, 0.29) is 29.6 Å². The van der Waals surface area contributed by atoms with E-state index in [1.54, 1.807) is 23.5 Å². The highest BCUT2D eigenvalue weighted by molar-refractivity contribution is 7.09. The van der Waals surface area contributed by atoms with E-state index in [4.69, 9.17) is 4.98 Å². The highest BCUT2D eigenvalue weighted by Gasteiger charge is 2.69. The van der Waals surface area contributed by atoms with E-state index >= 15 is 0 Å². The molecule has 130 valence electrons. The van der Waals surface area contributed by atoms with Crippen molar-refractivity contribution in [2.45, 2.75) is 12.3 Å². The zero-order valence-corrected chi connectivity index (χ0v) is 15.3. The van der Waals surface area contributed by atoms with Gasteiger partial charge >= 0.3 is 0 Å². The number of carbonyl (C=O) groups excluding carboxylic acids is 2. The molecule has 2 unspecified atom stereocenters. The van der Waals surface area contributed by atoms with E-state index in [0.29, 0.717) is 29.5 Å². The van der Waals surface area contributed by atoms with E-state index in [2.05, 4.69) is 10.7 Å². The summed E-state index contributed by atoms with van der Waals surface area (Å²) in [5.41, 5.74) is 1.90. The van der Waals surface area contributed by atoms with Gasteiger partial charge in [0.1, 0.15) is 5.01 Å². The van der Waals surface area contributed by atoms with Crippen LogP contribution in [0.2, 0.25) is 0 Å². The molecule has 2 aromatic rings. The maximum atomic E-state index is 12.7. The van der Waals surface area contributed by atoms with Crippen LogP contribution in [0.5, 0.6) is 0 Å². The maximum Gasteiger partial charge on any atom is 0.261 e. The Bertz CT molecular complexity index is 836. The number of halogens is 1. The van der Waals surface area contributed by atoms with Crippen LogP contribution in [0.15, 0.2) is 29.6 Å². The summed E-state index contributed by atoms with van der Waals surface area (Å²) in [7, 11) is 0. The van der Waals surface area contributed by atoms with E-state index in [1.165, 1.54) is 4.90 Å². The smallest absolute Gasteiger partial charge is 0.261 e. The summed E-state index contributed by atoms with van der Waals surface area (Å²) < 4.78 is 0. The van der Waals surface area contributed by atoms with Gasteiger partial charge in [0.25, 0.3) is 11.8 Å². The molecule has 0 radical (unpaired) electrons. The van der Waals surface area contributed by atoms with Crippen molar-refractivity contribution in [2.24, 2.45) is 11.8 Å². The second kappa shape index (κ2) is 5.62. The maximum absolute atomic E-state index is 12.7. The number of hydrogen-bond donors (Lipinski definition) is 1. The SMILES string of the molecule is Cc1csc(C2(CN3C(=O)c4ccccc4C3=O)C3CNCC32)n1.Cl. The van der Waals surface area contributed by atoms with Gasteiger partial charge in [-0.1, -0.05) is 12.1 Å². The molecule has 1 aromatic heterocycles. The summed E-state index contributed by atoms with van der Waals surface area (Å²) in [5.74, 6) is 0.599. The van der Waals surface area contributed by atoms with E-state index in [9.17, 15) is 9.59 Å². The molecule has 5 nitrogen and oxygen atoms in total. The minimum absolute atomic E-state index is 0. The van der Waals surface area contributed by atoms with E-state index < -0.39 is 0 Å². The average Bonchev–Trinajstić information content (AvgIpc) is 3.05. The molecule has 2 atom stereocenters. The summed E-state index contributed by atoms with van der Waals surface area (Å²) in [5, 5.41) is 6.54. The van der Waals surface area contributed by atoms with Crippen molar-refractivity contribution in [3.63, 3.8) is 0 Å². The van der Waals surface area contributed by atoms with Gasteiger partial charge in [0.15, 0.2) is 0 Å². The number of thiazole rings is 1. The van der Waals surface area contributed by atoms with Gasteiger partial charge in [-0.15, -0.1) is 23.7 Å². The number of aryl methyl sites for hydroxylation is 1. The molecule has 1 saturated heterocycles. The van der Waals surface area contributed by atoms with Gasteiger partial charge < -0.3 is 5.32 Å². The van der Waals surface area contributed by atoms with Crippen molar-refractivity contribution in [2.75, 3.05) is 19.6 Å². The number of hydrogen-bond acceptors (Lipinski definition) is 5. The number of nitrogens with one attached hydrogen (secondary N) is 1. The van der Waals surface area contributed by atoms with Crippen molar-refractivity contribution in [1.29, 1.82) is 0 Å². The molecule has 2 fully saturated rings. The van der Waals surface area contributed by atoms with Crippen LogP contribution < -0.4 is 5.32 Å².